The molecule has 3 aliphatic rings. The van der Waals surface area contributed by atoms with Crippen LogP contribution in [-0.4, -0.2) is 20.1 Å². The van der Waals surface area contributed by atoms with Crippen LogP contribution in [0.2, 0.25) is 16.6 Å². The number of imide groups is 1. The molecule has 162 valence electrons. The van der Waals surface area contributed by atoms with E-state index in [1.165, 1.54) is 10.5 Å². The predicted octanol–water partition coefficient (Wildman–Crippen LogP) is 5.91. The molecule has 2 fully saturated rings. The zero-order valence-corrected chi connectivity index (χ0v) is 20.3. The Morgan fingerprint density at radius 1 is 0.867 bits per heavy atom. The molecule has 2 bridgehead atoms. The summed E-state index contributed by atoms with van der Waals surface area (Å²) in [5.74, 6) is 0.694. The number of nitrogens with zero attached hydrogens (tertiary/aromatic N) is 1. The number of hydrogen-bond donors (Lipinski definition) is 0. The first-order chi connectivity index (χ1) is 14.1. The van der Waals surface area contributed by atoms with Crippen LogP contribution in [0.15, 0.2) is 41.7 Å². The van der Waals surface area contributed by atoms with Crippen LogP contribution in [0.3, 0.4) is 0 Å². The second kappa shape index (κ2) is 7.36. The molecule has 5 heteroatoms. The highest BCUT2D eigenvalue weighted by Crippen LogP contribution is 2.60. The molecule has 1 saturated heterocycles. The highest BCUT2D eigenvalue weighted by molar-refractivity contribution is 6.77. The van der Waals surface area contributed by atoms with E-state index in [4.69, 9.17) is 4.43 Å². The first kappa shape index (κ1) is 21.4. The molecule has 30 heavy (non-hydrogen) atoms. The van der Waals surface area contributed by atoms with Crippen molar-refractivity contribution >= 4 is 25.8 Å². The van der Waals surface area contributed by atoms with Crippen LogP contribution in [0.1, 0.15) is 54.9 Å². The topological polar surface area (TPSA) is 46.6 Å². The standard InChI is InChI=1S/C25H35NO3Si/c1-14(2)30(15(3)4,16(5)6)29-23-17(7)19-13-20(23)22-21(19)24(27)26(25(22)28)18-11-9-8-10-12-18/h8-12,14-16,19-22H,13H2,1-7H3/t19?,20?,21-,22+/m0/s1. The zero-order chi connectivity index (χ0) is 22.0. The number of benzene rings is 1. The Bertz CT molecular complexity index is 867. The predicted molar refractivity (Wildman–Crippen MR) is 122 cm³/mol. The van der Waals surface area contributed by atoms with Gasteiger partial charge in [0.2, 0.25) is 11.8 Å². The first-order valence-corrected chi connectivity index (χ1v) is 13.6. The number of anilines is 1. The van der Waals surface area contributed by atoms with Gasteiger partial charge in [0, 0.05) is 5.92 Å². The molecule has 1 aliphatic heterocycles. The fourth-order valence-corrected chi connectivity index (χ4v) is 12.2. The third kappa shape index (κ3) is 2.77. The maximum atomic E-state index is 13.4. The smallest absolute Gasteiger partial charge is 0.258 e. The summed E-state index contributed by atoms with van der Waals surface area (Å²) in [6, 6.07) is 9.37. The number of para-hydroxylation sites is 1. The lowest BCUT2D eigenvalue weighted by molar-refractivity contribution is -0.123. The van der Waals surface area contributed by atoms with Gasteiger partial charge in [-0.15, -0.1) is 0 Å². The van der Waals surface area contributed by atoms with Gasteiger partial charge in [0.05, 0.1) is 23.3 Å². The molecule has 2 amide bonds. The summed E-state index contributed by atoms with van der Waals surface area (Å²) in [6.07, 6.45) is 0.884. The summed E-state index contributed by atoms with van der Waals surface area (Å²) in [6.45, 7) is 15.9. The van der Waals surface area contributed by atoms with Crippen molar-refractivity contribution in [1.29, 1.82) is 0 Å². The zero-order valence-electron chi connectivity index (χ0n) is 19.3. The Labute approximate surface area is 181 Å². The van der Waals surface area contributed by atoms with Crippen molar-refractivity contribution in [3.8, 4) is 0 Å². The van der Waals surface area contributed by atoms with Crippen LogP contribution in [0.25, 0.3) is 0 Å². The number of fused-ring (bicyclic) bond motifs is 5. The van der Waals surface area contributed by atoms with Crippen molar-refractivity contribution in [3.63, 3.8) is 0 Å². The SMILES string of the molecule is CC1=C(O[Si](C(C)C)(C(C)C)C(C)C)C2CC1[C@@H]1C(=O)N(c3ccccc3)C(=O)[C@H]21. The van der Waals surface area contributed by atoms with Crippen LogP contribution >= 0.6 is 0 Å². The molecule has 1 saturated carbocycles. The molecule has 1 aromatic rings. The number of carbonyl (C=O) groups excluding carboxylic acids is 2. The van der Waals surface area contributed by atoms with E-state index in [-0.39, 0.29) is 35.5 Å². The van der Waals surface area contributed by atoms with Crippen molar-refractivity contribution in [2.75, 3.05) is 4.90 Å². The molecular formula is C25H35NO3Si. The Morgan fingerprint density at radius 2 is 1.37 bits per heavy atom. The largest absolute Gasteiger partial charge is 0.545 e. The summed E-state index contributed by atoms with van der Waals surface area (Å²) in [4.78, 5) is 28.2. The molecule has 4 nitrogen and oxygen atoms in total. The van der Waals surface area contributed by atoms with Crippen molar-refractivity contribution in [3.05, 3.63) is 41.7 Å². The maximum absolute atomic E-state index is 13.4. The van der Waals surface area contributed by atoms with Crippen LogP contribution in [0.5, 0.6) is 0 Å². The molecule has 0 N–H and O–H groups in total. The Balaban J connectivity index is 1.70. The van der Waals surface area contributed by atoms with Crippen LogP contribution in [-0.2, 0) is 14.0 Å². The summed E-state index contributed by atoms with van der Waals surface area (Å²) in [7, 11) is -2.10. The third-order valence-corrected chi connectivity index (χ3v) is 14.1. The second-order valence-electron chi connectivity index (χ2n) is 10.3. The van der Waals surface area contributed by atoms with Gasteiger partial charge in [0.1, 0.15) is 0 Å². The molecule has 2 unspecified atom stereocenters. The quantitative estimate of drug-likeness (QED) is 0.420. The normalized spacial score (nSPS) is 28.5. The van der Waals surface area contributed by atoms with Gasteiger partial charge >= 0.3 is 0 Å². The average Bonchev–Trinajstić information content (AvgIpc) is 3.29. The lowest BCUT2D eigenvalue weighted by Crippen LogP contribution is -2.48. The summed E-state index contributed by atoms with van der Waals surface area (Å²) in [5, 5.41) is 0. The third-order valence-electron chi connectivity index (χ3n) is 8.06. The van der Waals surface area contributed by atoms with Crippen molar-refractivity contribution in [1.82, 2.24) is 0 Å². The van der Waals surface area contributed by atoms with Crippen LogP contribution in [0.4, 0.5) is 5.69 Å². The molecule has 4 atom stereocenters. The molecule has 1 aromatic carbocycles. The van der Waals surface area contributed by atoms with Gasteiger partial charge in [-0.25, -0.2) is 0 Å². The Morgan fingerprint density at radius 3 is 1.87 bits per heavy atom. The fraction of sp³-hybridized carbons (Fsp3) is 0.600. The van der Waals surface area contributed by atoms with E-state index in [1.54, 1.807) is 0 Å². The number of carbonyl (C=O) groups is 2. The van der Waals surface area contributed by atoms with Crippen molar-refractivity contribution in [2.45, 2.75) is 71.5 Å². The van der Waals surface area contributed by atoms with E-state index in [0.717, 1.165) is 12.2 Å². The lowest BCUT2D eigenvalue weighted by Gasteiger charge is -2.44. The van der Waals surface area contributed by atoms with E-state index >= 15 is 0 Å². The van der Waals surface area contributed by atoms with Gasteiger partial charge in [-0.05, 0) is 53.6 Å². The lowest BCUT2D eigenvalue weighted by atomic mass is 9.81. The molecule has 0 spiro atoms. The number of hydrogen-bond acceptors (Lipinski definition) is 3. The first-order valence-electron chi connectivity index (χ1n) is 11.4. The van der Waals surface area contributed by atoms with E-state index in [2.05, 4.69) is 48.5 Å². The van der Waals surface area contributed by atoms with E-state index in [0.29, 0.717) is 22.3 Å². The highest BCUT2D eigenvalue weighted by Gasteiger charge is 2.65. The van der Waals surface area contributed by atoms with Gasteiger partial charge in [-0.3, -0.25) is 14.5 Å². The highest BCUT2D eigenvalue weighted by atomic mass is 28.4. The second-order valence-corrected chi connectivity index (χ2v) is 15.7. The molecule has 2 aliphatic carbocycles. The maximum Gasteiger partial charge on any atom is 0.258 e. The minimum atomic E-state index is -2.10. The number of amides is 2. The molecule has 0 radical (unpaired) electrons. The van der Waals surface area contributed by atoms with Gasteiger partial charge in [-0.1, -0.05) is 59.7 Å². The molecular weight excluding hydrogens is 390 g/mol. The van der Waals surface area contributed by atoms with Gasteiger partial charge in [-0.2, -0.15) is 0 Å². The van der Waals surface area contributed by atoms with E-state index < -0.39 is 8.32 Å². The summed E-state index contributed by atoms with van der Waals surface area (Å²) in [5.41, 5.74) is 3.35. The molecule has 4 rings (SSSR count). The Hall–Kier alpha value is -1.88. The Kier molecular flexibility index (Phi) is 5.24. The number of allylic oxidation sites excluding steroid dienone is 2. The van der Waals surface area contributed by atoms with E-state index in [9.17, 15) is 9.59 Å². The summed E-state index contributed by atoms with van der Waals surface area (Å²) < 4.78 is 7.10. The van der Waals surface area contributed by atoms with Gasteiger partial charge in [0.15, 0.2) is 0 Å². The van der Waals surface area contributed by atoms with Gasteiger partial charge in [0.25, 0.3) is 8.32 Å². The fourth-order valence-electron chi connectivity index (χ4n) is 6.85. The van der Waals surface area contributed by atoms with Crippen molar-refractivity contribution < 1.29 is 14.0 Å². The van der Waals surface area contributed by atoms with Gasteiger partial charge < -0.3 is 4.43 Å². The summed E-state index contributed by atoms with van der Waals surface area (Å²) >= 11 is 0. The van der Waals surface area contributed by atoms with Crippen molar-refractivity contribution in [2.24, 2.45) is 23.7 Å². The molecule has 1 heterocycles. The minimum Gasteiger partial charge on any atom is -0.545 e. The monoisotopic (exact) mass is 425 g/mol. The minimum absolute atomic E-state index is 0.0258. The van der Waals surface area contributed by atoms with Crippen LogP contribution in [0, 0.1) is 23.7 Å². The van der Waals surface area contributed by atoms with Crippen LogP contribution < -0.4 is 4.90 Å². The molecule has 0 aromatic heterocycles. The number of rotatable bonds is 6. The van der Waals surface area contributed by atoms with E-state index in [1.807, 2.05) is 30.3 Å². The average molecular weight is 426 g/mol.